The average molecular weight is 660 g/mol. The van der Waals surface area contributed by atoms with Gasteiger partial charge in [-0.25, -0.2) is 16.8 Å². The number of ether oxygens (including phenoxy) is 2. The molecule has 0 aliphatic carbocycles. The van der Waals surface area contributed by atoms with Gasteiger partial charge in [0, 0.05) is 34.9 Å². The van der Waals surface area contributed by atoms with Gasteiger partial charge in [-0.05, 0) is 48.5 Å². The first-order valence-electron chi connectivity index (χ1n) is 13.1. The maximum absolute atomic E-state index is 12.9. The van der Waals surface area contributed by atoms with Crippen LogP contribution in [0.25, 0.3) is 0 Å². The van der Waals surface area contributed by atoms with Gasteiger partial charge in [0.05, 0.1) is 66.6 Å². The number of morpholine rings is 2. The van der Waals surface area contributed by atoms with Crippen LogP contribution in [0, 0.1) is 0 Å². The highest BCUT2D eigenvalue weighted by atomic mass is 35.5. The van der Waals surface area contributed by atoms with Gasteiger partial charge in [0.1, 0.15) is 5.78 Å². The molecular formula is C27H28Cl2N2O9S2. The maximum atomic E-state index is 12.9. The van der Waals surface area contributed by atoms with Crippen LogP contribution >= 0.6 is 23.2 Å². The van der Waals surface area contributed by atoms with Crippen molar-refractivity contribution in [3.63, 3.8) is 0 Å². The van der Waals surface area contributed by atoms with E-state index in [4.69, 9.17) is 32.7 Å². The molecule has 4 unspecified atom stereocenters. The van der Waals surface area contributed by atoms with Gasteiger partial charge in [0.15, 0.2) is 5.78 Å². The Morgan fingerprint density at radius 3 is 1.60 bits per heavy atom. The third kappa shape index (κ3) is 6.02. The Labute approximate surface area is 253 Å². The first kappa shape index (κ1) is 31.1. The van der Waals surface area contributed by atoms with E-state index < -0.39 is 44.2 Å². The second-order valence-electron chi connectivity index (χ2n) is 10.3. The number of hydrogen-bond acceptors (Lipinski definition) is 9. The number of benzene rings is 2. The summed E-state index contributed by atoms with van der Waals surface area (Å²) in [4.78, 5) is 23.9. The number of carbonyl (C=O) groups is 2. The summed E-state index contributed by atoms with van der Waals surface area (Å²) in [6.45, 7) is 0.749. The molecular weight excluding hydrogens is 631 g/mol. The van der Waals surface area contributed by atoms with Crippen molar-refractivity contribution in [2.24, 2.45) is 0 Å². The lowest BCUT2D eigenvalue weighted by Crippen LogP contribution is -2.60. The average Bonchev–Trinajstić information content (AvgIpc) is 2.93. The van der Waals surface area contributed by atoms with Crippen LogP contribution in [-0.4, -0.2) is 92.7 Å². The van der Waals surface area contributed by atoms with E-state index in [0.29, 0.717) is 16.3 Å². The summed E-state index contributed by atoms with van der Waals surface area (Å²) in [5.41, 5.74) is 0.0634. The summed E-state index contributed by atoms with van der Waals surface area (Å²) in [5, 5.41) is 10.2. The lowest BCUT2D eigenvalue weighted by atomic mass is 9.91. The van der Waals surface area contributed by atoms with Crippen molar-refractivity contribution in [1.29, 1.82) is 0 Å². The second-order valence-corrected chi connectivity index (χ2v) is 14.8. The van der Waals surface area contributed by atoms with Crippen molar-refractivity contribution in [3.05, 3.63) is 70.4 Å². The minimum atomic E-state index is -3.81. The van der Waals surface area contributed by atoms with Crippen molar-refractivity contribution < 1.29 is 41.0 Å². The molecule has 4 aliphatic heterocycles. The van der Waals surface area contributed by atoms with Crippen LogP contribution < -0.4 is 0 Å². The number of aliphatic hydroxyl groups is 1. The Kier molecular flexibility index (Phi) is 9.12. The molecule has 4 heterocycles. The number of ketones is 2. The third-order valence-corrected chi connectivity index (χ3v) is 12.0. The number of nitrogens with zero attached hydrogens (tertiary/aromatic N) is 2. The normalized spacial score (nSPS) is 27.8. The van der Waals surface area contributed by atoms with Gasteiger partial charge in [-0.15, -0.1) is 0 Å². The Balaban J connectivity index is 0.000000169. The molecule has 11 nitrogen and oxygen atoms in total. The van der Waals surface area contributed by atoms with Crippen molar-refractivity contribution in [3.8, 4) is 0 Å². The van der Waals surface area contributed by atoms with E-state index in [1.807, 2.05) is 0 Å². The second kappa shape index (κ2) is 12.3. The van der Waals surface area contributed by atoms with Gasteiger partial charge < -0.3 is 14.6 Å². The zero-order valence-corrected chi connectivity index (χ0v) is 25.3. The topological polar surface area (TPSA) is 148 Å². The Morgan fingerprint density at radius 2 is 1.12 bits per heavy atom. The van der Waals surface area contributed by atoms with Crippen LogP contribution in [0.3, 0.4) is 0 Å². The quantitative estimate of drug-likeness (QED) is 0.387. The van der Waals surface area contributed by atoms with Crippen molar-refractivity contribution in [1.82, 2.24) is 8.61 Å². The number of Topliss-reactive ketones (excluding diaryl/α,β-unsaturated/α-hetero) is 2. The number of piperidine rings is 2. The van der Waals surface area contributed by atoms with E-state index in [2.05, 4.69) is 0 Å². The molecule has 4 aliphatic rings. The zero-order chi connectivity index (χ0) is 30.2. The molecule has 2 aromatic carbocycles. The van der Waals surface area contributed by atoms with Gasteiger partial charge in [-0.2, -0.15) is 8.61 Å². The molecule has 226 valence electrons. The molecule has 6 rings (SSSR count). The van der Waals surface area contributed by atoms with E-state index in [-0.39, 0.29) is 72.6 Å². The van der Waals surface area contributed by atoms with Crippen LogP contribution in [0.1, 0.15) is 19.3 Å². The van der Waals surface area contributed by atoms with E-state index in [1.54, 1.807) is 12.1 Å². The fourth-order valence-electron chi connectivity index (χ4n) is 5.67. The molecule has 15 heteroatoms. The molecule has 4 saturated heterocycles. The predicted molar refractivity (Wildman–Crippen MR) is 152 cm³/mol. The van der Waals surface area contributed by atoms with E-state index in [9.17, 15) is 31.5 Å². The fourth-order valence-corrected chi connectivity index (χ4v) is 9.47. The van der Waals surface area contributed by atoms with Gasteiger partial charge >= 0.3 is 0 Å². The van der Waals surface area contributed by atoms with Crippen molar-refractivity contribution >= 4 is 54.8 Å². The number of fused-ring (bicyclic) bond motifs is 4. The molecule has 4 atom stereocenters. The lowest BCUT2D eigenvalue weighted by Gasteiger charge is -2.44. The van der Waals surface area contributed by atoms with Crippen molar-refractivity contribution in [2.45, 2.75) is 53.2 Å². The Morgan fingerprint density at radius 1 is 0.690 bits per heavy atom. The molecule has 0 spiro atoms. The Hall–Kier alpha value is -2.36. The summed E-state index contributed by atoms with van der Waals surface area (Å²) in [6.07, 6.45) is 1.13. The summed E-state index contributed by atoms with van der Waals surface area (Å²) < 4.78 is 64.7. The van der Waals surface area contributed by atoms with E-state index in [0.717, 1.165) is 0 Å². The smallest absolute Gasteiger partial charge is 0.244 e. The highest BCUT2D eigenvalue weighted by molar-refractivity contribution is 7.89. The first-order chi connectivity index (χ1) is 19.9. The van der Waals surface area contributed by atoms with Crippen LogP contribution in [0.2, 0.25) is 10.0 Å². The molecule has 0 amide bonds. The van der Waals surface area contributed by atoms with Crippen molar-refractivity contribution in [2.75, 3.05) is 26.4 Å². The number of sulfonamides is 2. The monoisotopic (exact) mass is 658 g/mol. The SMILES string of the molecule is O=C1CC2COCC(/C1=C/O)N2S(=O)(=O)c1ccc(Cl)cc1.O=C1CC2COCC(C1)N2S(=O)(=O)c1ccc(Cl)cc1. The van der Waals surface area contributed by atoms with Gasteiger partial charge in [0.25, 0.3) is 0 Å². The number of rotatable bonds is 4. The molecule has 4 bridgehead atoms. The fraction of sp³-hybridized carbons (Fsp3) is 0.407. The molecule has 42 heavy (non-hydrogen) atoms. The maximum Gasteiger partial charge on any atom is 0.244 e. The summed E-state index contributed by atoms with van der Waals surface area (Å²) in [6, 6.07) is 9.78. The Bertz CT molecular complexity index is 1580. The van der Waals surface area contributed by atoms with Crippen LogP contribution in [0.4, 0.5) is 0 Å². The standard InChI is InChI=1S/C14H14ClNO5S.C13H14ClNO4S/c15-9-1-3-11(4-2-9)22(19,20)16-10-5-14(18)12(6-17)13(16)8-21-7-10;14-9-1-3-13(4-2-9)20(17,18)15-10-5-12(16)6-11(15)8-19-7-10/h1-4,6,10,13,17H,5,7-8H2;1-4,10-11H,5-8H2/b12-6-;. The number of hydrogen-bond donors (Lipinski definition) is 1. The minimum absolute atomic E-state index is 0.00425. The summed E-state index contributed by atoms with van der Waals surface area (Å²) in [5.74, 6) is -0.144. The molecule has 0 aromatic heterocycles. The predicted octanol–water partition coefficient (Wildman–Crippen LogP) is 2.97. The molecule has 4 fully saturated rings. The first-order valence-corrected chi connectivity index (χ1v) is 16.7. The zero-order valence-electron chi connectivity index (χ0n) is 22.1. The lowest BCUT2D eigenvalue weighted by molar-refractivity contribution is -0.129. The van der Waals surface area contributed by atoms with Gasteiger partial charge in [0.2, 0.25) is 20.0 Å². The van der Waals surface area contributed by atoms with Crippen LogP contribution in [0.5, 0.6) is 0 Å². The highest BCUT2D eigenvalue weighted by Crippen LogP contribution is 2.35. The number of halogens is 2. The van der Waals surface area contributed by atoms with Crippen LogP contribution in [0.15, 0.2) is 70.2 Å². The minimum Gasteiger partial charge on any atom is -0.515 e. The summed E-state index contributed by atoms with van der Waals surface area (Å²) in [7, 11) is -7.43. The van der Waals surface area contributed by atoms with E-state index >= 15 is 0 Å². The molecule has 2 aromatic rings. The highest BCUT2D eigenvalue weighted by Gasteiger charge is 2.48. The molecule has 0 radical (unpaired) electrons. The van der Waals surface area contributed by atoms with Crippen LogP contribution in [-0.2, 0) is 39.1 Å². The van der Waals surface area contributed by atoms with E-state index in [1.165, 1.54) is 45.0 Å². The molecule has 0 saturated carbocycles. The third-order valence-electron chi connectivity index (χ3n) is 7.54. The largest absolute Gasteiger partial charge is 0.515 e. The summed E-state index contributed by atoms with van der Waals surface area (Å²) >= 11 is 11.6. The number of aliphatic hydroxyl groups excluding tert-OH is 1. The van der Waals surface area contributed by atoms with Gasteiger partial charge in [-0.3, -0.25) is 9.59 Å². The molecule has 1 N–H and O–H groups in total. The van der Waals surface area contributed by atoms with Gasteiger partial charge in [-0.1, -0.05) is 23.2 Å². The number of carbonyl (C=O) groups excluding carboxylic acids is 2.